The molecule has 0 radical (unpaired) electrons. The Labute approximate surface area is 171 Å². The summed E-state index contributed by atoms with van der Waals surface area (Å²) >= 11 is 1.83. The summed E-state index contributed by atoms with van der Waals surface area (Å²) < 4.78 is 0. The number of nitrogens with zero attached hydrogens (tertiary/aromatic N) is 2. The molecule has 5 nitrogen and oxygen atoms in total. The zero-order chi connectivity index (χ0) is 19.6. The highest BCUT2D eigenvalue weighted by molar-refractivity contribution is 7.99. The Morgan fingerprint density at radius 3 is 2.68 bits per heavy atom. The molecule has 2 aromatic rings. The molecule has 0 unspecified atom stereocenters. The molecule has 0 aromatic heterocycles. The van der Waals surface area contributed by atoms with Crippen molar-refractivity contribution < 1.29 is 4.79 Å². The molecule has 1 fully saturated rings. The molecule has 0 aliphatic carbocycles. The number of hydrogen-bond acceptors (Lipinski definition) is 3. The first-order valence-corrected chi connectivity index (χ1v) is 10.7. The third-order valence-electron chi connectivity index (χ3n) is 4.63. The van der Waals surface area contributed by atoms with Crippen LogP contribution in [-0.2, 0) is 17.9 Å². The largest absolute Gasteiger partial charge is 0.356 e. The van der Waals surface area contributed by atoms with Crippen LogP contribution in [0.25, 0.3) is 0 Å². The summed E-state index contributed by atoms with van der Waals surface area (Å²) in [4.78, 5) is 19.3. The van der Waals surface area contributed by atoms with Crippen LogP contribution in [0, 0.1) is 0 Å². The minimum Gasteiger partial charge on any atom is -0.356 e. The molecule has 3 rings (SSSR count). The molecule has 148 valence electrons. The normalized spacial score (nSPS) is 14.4. The van der Waals surface area contributed by atoms with Gasteiger partial charge in [-0.1, -0.05) is 42.5 Å². The van der Waals surface area contributed by atoms with Crippen LogP contribution < -0.4 is 10.6 Å². The van der Waals surface area contributed by atoms with Gasteiger partial charge in [0.2, 0.25) is 5.91 Å². The Balaban J connectivity index is 1.42. The number of hydrogen-bond donors (Lipinski definition) is 2. The molecular weight excluding hydrogens is 368 g/mol. The smallest absolute Gasteiger partial charge is 0.222 e. The minimum absolute atomic E-state index is 0.265. The van der Waals surface area contributed by atoms with E-state index in [0.717, 1.165) is 31.2 Å². The first kappa shape index (κ1) is 20.3. The summed E-state index contributed by atoms with van der Waals surface area (Å²) in [6, 6.07) is 18.8. The average Bonchev–Trinajstić information content (AvgIpc) is 3.13. The fourth-order valence-electron chi connectivity index (χ4n) is 3.19. The molecular formula is C22H28N4OS. The zero-order valence-electron chi connectivity index (χ0n) is 16.4. The lowest BCUT2D eigenvalue weighted by molar-refractivity contribution is -0.128. The summed E-state index contributed by atoms with van der Waals surface area (Å²) in [7, 11) is 1.79. The van der Waals surface area contributed by atoms with Crippen LogP contribution in [0.1, 0.15) is 24.0 Å². The van der Waals surface area contributed by atoms with Crippen LogP contribution in [0.4, 0.5) is 0 Å². The quantitative estimate of drug-likeness (QED) is 0.311. The maximum atomic E-state index is 11.8. The fourth-order valence-corrected chi connectivity index (χ4v) is 3.98. The van der Waals surface area contributed by atoms with Gasteiger partial charge in [-0.15, -0.1) is 11.8 Å². The van der Waals surface area contributed by atoms with Gasteiger partial charge in [-0.2, -0.15) is 0 Å². The molecule has 2 aromatic carbocycles. The molecule has 6 heteroatoms. The molecule has 1 amide bonds. The number of rotatable bonds is 8. The lowest BCUT2D eigenvalue weighted by Crippen LogP contribution is -2.38. The second-order valence-electron chi connectivity index (χ2n) is 6.75. The van der Waals surface area contributed by atoms with E-state index in [0.29, 0.717) is 19.5 Å². The standard InChI is InChI=1S/C22H28N4OS/c1-23-22(24-12-14-28-20-9-3-2-4-10-20)25-16-18-7-5-8-19(15-18)17-26-13-6-11-21(26)27/h2-5,7-10,15H,6,11-14,16-17H2,1H3,(H2,23,24,25). The molecule has 0 saturated carbocycles. The monoisotopic (exact) mass is 396 g/mol. The minimum atomic E-state index is 0.265. The summed E-state index contributed by atoms with van der Waals surface area (Å²) in [5, 5.41) is 6.72. The van der Waals surface area contributed by atoms with Crippen molar-refractivity contribution >= 4 is 23.6 Å². The number of carbonyl (C=O) groups excluding carboxylic acids is 1. The van der Waals surface area contributed by atoms with Crippen molar-refractivity contribution in [3.05, 3.63) is 65.7 Å². The van der Waals surface area contributed by atoms with Crippen LogP contribution in [0.3, 0.4) is 0 Å². The van der Waals surface area contributed by atoms with Crippen LogP contribution >= 0.6 is 11.8 Å². The van der Waals surface area contributed by atoms with Gasteiger partial charge in [0, 0.05) is 50.3 Å². The molecule has 1 saturated heterocycles. The first-order chi connectivity index (χ1) is 13.7. The van der Waals surface area contributed by atoms with E-state index in [9.17, 15) is 4.79 Å². The summed E-state index contributed by atoms with van der Waals surface area (Å²) in [5.41, 5.74) is 2.36. The topological polar surface area (TPSA) is 56.7 Å². The third-order valence-corrected chi connectivity index (χ3v) is 5.64. The Morgan fingerprint density at radius 1 is 1.11 bits per heavy atom. The first-order valence-electron chi connectivity index (χ1n) is 9.72. The number of guanidine groups is 1. The third kappa shape index (κ3) is 6.30. The Hall–Kier alpha value is -2.47. The van der Waals surface area contributed by atoms with E-state index in [-0.39, 0.29) is 5.91 Å². The lowest BCUT2D eigenvalue weighted by Gasteiger charge is -2.16. The van der Waals surface area contributed by atoms with E-state index in [4.69, 9.17) is 0 Å². The molecule has 2 N–H and O–H groups in total. The van der Waals surface area contributed by atoms with Gasteiger partial charge in [-0.05, 0) is 29.7 Å². The van der Waals surface area contributed by atoms with E-state index in [1.54, 1.807) is 7.05 Å². The zero-order valence-corrected chi connectivity index (χ0v) is 17.2. The van der Waals surface area contributed by atoms with Gasteiger partial charge in [-0.25, -0.2) is 0 Å². The maximum absolute atomic E-state index is 11.8. The average molecular weight is 397 g/mol. The van der Waals surface area contributed by atoms with Gasteiger partial charge < -0.3 is 15.5 Å². The van der Waals surface area contributed by atoms with Gasteiger partial charge in [0.05, 0.1) is 0 Å². The fraction of sp³-hybridized carbons (Fsp3) is 0.364. The van der Waals surface area contributed by atoms with Gasteiger partial charge in [0.25, 0.3) is 0 Å². The number of thioether (sulfide) groups is 1. The Bertz CT molecular complexity index is 794. The van der Waals surface area contributed by atoms with Gasteiger partial charge in [-0.3, -0.25) is 9.79 Å². The number of aliphatic imine (C=N–C) groups is 1. The predicted molar refractivity (Wildman–Crippen MR) is 116 cm³/mol. The molecule has 0 atom stereocenters. The van der Waals surface area contributed by atoms with E-state index >= 15 is 0 Å². The molecule has 0 bridgehead atoms. The highest BCUT2D eigenvalue weighted by Gasteiger charge is 2.19. The van der Waals surface area contributed by atoms with Gasteiger partial charge in [0.15, 0.2) is 5.96 Å². The SMILES string of the molecule is CN=C(NCCSc1ccccc1)NCc1cccc(CN2CCCC2=O)c1. The van der Waals surface area contributed by atoms with Gasteiger partial charge in [0.1, 0.15) is 0 Å². The van der Waals surface area contributed by atoms with Crippen molar-refractivity contribution in [2.24, 2.45) is 4.99 Å². The molecule has 1 aliphatic heterocycles. The second kappa shape index (κ2) is 10.8. The van der Waals surface area contributed by atoms with Crippen molar-refractivity contribution in [2.45, 2.75) is 30.8 Å². The number of likely N-dealkylation sites (tertiary alicyclic amines) is 1. The lowest BCUT2D eigenvalue weighted by atomic mass is 10.1. The molecule has 28 heavy (non-hydrogen) atoms. The summed E-state index contributed by atoms with van der Waals surface area (Å²) in [5.74, 6) is 2.04. The van der Waals surface area contributed by atoms with Gasteiger partial charge >= 0.3 is 0 Å². The van der Waals surface area contributed by atoms with Crippen molar-refractivity contribution in [3.63, 3.8) is 0 Å². The van der Waals surface area contributed by atoms with Crippen LogP contribution in [0.5, 0.6) is 0 Å². The molecule has 0 spiro atoms. The Kier molecular flexibility index (Phi) is 7.79. The van der Waals surface area contributed by atoms with Crippen LogP contribution in [-0.4, -0.2) is 42.7 Å². The number of carbonyl (C=O) groups is 1. The second-order valence-corrected chi connectivity index (χ2v) is 7.92. The highest BCUT2D eigenvalue weighted by Crippen LogP contribution is 2.16. The van der Waals surface area contributed by atoms with E-state index in [1.807, 2.05) is 22.7 Å². The van der Waals surface area contributed by atoms with E-state index < -0.39 is 0 Å². The van der Waals surface area contributed by atoms with Crippen molar-refractivity contribution in [1.29, 1.82) is 0 Å². The predicted octanol–water partition coefficient (Wildman–Crippen LogP) is 3.27. The Morgan fingerprint density at radius 2 is 1.93 bits per heavy atom. The van der Waals surface area contributed by atoms with Crippen molar-refractivity contribution in [1.82, 2.24) is 15.5 Å². The van der Waals surface area contributed by atoms with Crippen molar-refractivity contribution in [2.75, 3.05) is 25.9 Å². The summed E-state index contributed by atoms with van der Waals surface area (Å²) in [6.45, 7) is 3.12. The number of benzene rings is 2. The van der Waals surface area contributed by atoms with Crippen LogP contribution in [0.15, 0.2) is 64.5 Å². The van der Waals surface area contributed by atoms with Crippen LogP contribution in [0.2, 0.25) is 0 Å². The highest BCUT2D eigenvalue weighted by atomic mass is 32.2. The molecule has 1 heterocycles. The number of nitrogens with one attached hydrogen (secondary N) is 2. The maximum Gasteiger partial charge on any atom is 0.222 e. The molecule has 1 aliphatic rings. The summed E-state index contributed by atoms with van der Waals surface area (Å²) in [6.07, 6.45) is 1.66. The number of amides is 1. The van der Waals surface area contributed by atoms with E-state index in [2.05, 4.69) is 64.2 Å². The van der Waals surface area contributed by atoms with E-state index in [1.165, 1.54) is 16.0 Å². The van der Waals surface area contributed by atoms with Crippen molar-refractivity contribution in [3.8, 4) is 0 Å².